The number of carbonyl (C=O) groups excluding carboxylic acids is 2. The molecular weight excluding hydrogens is 564 g/mol. The van der Waals surface area contributed by atoms with Crippen molar-refractivity contribution in [2.75, 3.05) is 17.1 Å². The molecule has 1 N–H and O–H groups in total. The molecule has 2 aromatic carbocycles. The fourth-order valence-electron chi connectivity index (χ4n) is 4.91. The summed E-state index contributed by atoms with van der Waals surface area (Å²) in [6.07, 6.45) is 6.81. The molecule has 214 valence electrons. The summed E-state index contributed by atoms with van der Waals surface area (Å²) in [5.41, 5.74) is 0.969. The molecule has 0 spiro atoms. The number of halogens is 3. The second-order valence-electron chi connectivity index (χ2n) is 9.94. The minimum Gasteiger partial charge on any atom is -0.352 e. The van der Waals surface area contributed by atoms with Gasteiger partial charge in [-0.25, -0.2) is 12.8 Å². The van der Waals surface area contributed by atoms with Crippen LogP contribution in [0.25, 0.3) is 0 Å². The van der Waals surface area contributed by atoms with Gasteiger partial charge in [-0.2, -0.15) is 0 Å². The number of carbonyl (C=O) groups is 2. The third kappa shape index (κ3) is 9.08. The van der Waals surface area contributed by atoms with Gasteiger partial charge in [-0.1, -0.05) is 55.5 Å². The average molecular weight is 601 g/mol. The standard InChI is InChI=1S/C28H36Cl2FN3O4S/c1-3-26(28(36)32-23-8-5-4-6-9-23)33(19-20-11-12-21(29)18-25(20)30)27(35)10-7-17-34(39(2,37)38)24-15-13-22(31)14-16-24/h11-16,18,23,26H,3-10,17,19H2,1-2H3,(H,32,36)/t26-/m0/s1. The van der Waals surface area contributed by atoms with E-state index in [1.807, 2.05) is 6.92 Å². The average Bonchev–Trinajstić information content (AvgIpc) is 2.88. The molecule has 0 radical (unpaired) electrons. The van der Waals surface area contributed by atoms with Gasteiger partial charge >= 0.3 is 0 Å². The number of hydrogen-bond donors (Lipinski definition) is 1. The molecule has 0 heterocycles. The maximum Gasteiger partial charge on any atom is 0.243 e. The quantitative estimate of drug-likeness (QED) is 0.327. The second kappa shape index (κ2) is 14.3. The molecule has 0 saturated heterocycles. The van der Waals surface area contributed by atoms with Gasteiger partial charge in [-0.05, 0) is 67.6 Å². The summed E-state index contributed by atoms with van der Waals surface area (Å²) < 4.78 is 39.4. The van der Waals surface area contributed by atoms with Crippen molar-refractivity contribution in [2.24, 2.45) is 0 Å². The van der Waals surface area contributed by atoms with E-state index in [9.17, 15) is 22.4 Å². The molecule has 0 unspecified atom stereocenters. The van der Waals surface area contributed by atoms with E-state index in [0.29, 0.717) is 27.7 Å². The summed E-state index contributed by atoms with van der Waals surface area (Å²) in [7, 11) is -3.67. The van der Waals surface area contributed by atoms with Crippen LogP contribution in [0.1, 0.15) is 63.9 Å². The summed E-state index contributed by atoms with van der Waals surface area (Å²) >= 11 is 12.5. The fraction of sp³-hybridized carbons (Fsp3) is 0.500. The normalized spacial score (nSPS) is 15.0. The van der Waals surface area contributed by atoms with Gasteiger partial charge < -0.3 is 10.2 Å². The van der Waals surface area contributed by atoms with Gasteiger partial charge in [-0.15, -0.1) is 0 Å². The Bertz CT molecular complexity index is 1240. The van der Waals surface area contributed by atoms with Gasteiger partial charge in [0.2, 0.25) is 21.8 Å². The minimum absolute atomic E-state index is 0.00559. The predicted molar refractivity (Wildman–Crippen MR) is 154 cm³/mol. The van der Waals surface area contributed by atoms with Gasteiger partial charge in [-0.3, -0.25) is 13.9 Å². The summed E-state index contributed by atoms with van der Waals surface area (Å²) in [4.78, 5) is 28.5. The van der Waals surface area contributed by atoms with Gasteiger partial charge in [0.1, 0.15) is 11.9 Å². The van der Waals surface area contributed by atoms with E-state index in [-0.39, 0.29) is 43.8 Å². The van der Waals surface area contributed by atoms with Crippen molar-refractivity contribution in [1.29, 1.82) is 0 Å². The van der Waals surface area contributed by atoms with Crippen molar-refractivity contribution in [3.8, 4) is 0 Å². The number of hydrogen-bond acceptors (Lipinski definition) is 4. The van der Waals surface area contributed by atoms with Crippen LogP contribution < -0.4 is 9.62 Å². The van der Waals surface area contributed by atoms with E-state index in [0.717, 1.165) is 42.7 Å². The number of amides is 2. The Hall–Kier alpha value is -2.36. The summed E-state index contributed by atoms with van der Waals surface area (Å²) in [6.45, 7) is 1.99. The molecule has 1 saturated carbocycles. The molecule has 0 bridgehead atoms. The molecule has 1 aliphatic rings. The van der Waals surface area contributed by atoms with Crippen molar-refractivity contribution in [1.82, 2.24) is 10.2 Å². The first-order valence-electron chi connectivity index (χ1n) is 13.3. The van der Waals surface area contributed by atoms with Crippen LogP contribution in [0.5, 0.6) is 0 Å². The Morgan fingerprint density at radius 3 is 2.33 bits per heavy atom. The molecule has 1 atom stereocenters. The van der Waals surface area contributed by atoms with Crippen LogP contribution in [-0.2, 0) is 26.2 Å². The number of sulfonamides is 1. The number of rotatable bonds is 12. The molecule has 2 aromatic rings. The molecule has 11 heteroatoms. The second-order valence-corrected chi connectivity index (χ2v) is 12.7. The van der Waals surface area contributed by atoms with Gasteiger partial charge in [0, 0.05) is 35.6 Å². The summed E-state index contributed by atoms with van der Waals surface area (Å²) in [5.74, 6) is -0.970. The van der Waals surface area contributed by atoms with Crippen LogP contribution >= 0.6 is 23.2 Å². The van der Waals surface area contributed by atoms with Crippen LogP contribution in [0.3, 0.4) is 0 Å². The zero-order valence-electron chi connectivity index (χ0n) is 22.3. The lowest BCUT2D eigenvalue weighted by Gasteiger charge is -2.33. The Labute approximate surface area is 240 Å². The topological polar surface area (TPSA) is 86.8 Å². The van der Waals surface area contributed by atoms with Crippen LogP contribution in [0.2, 0.25) is 10.0 Å². The molecule has 39 heavy (non-hydrogen) atoms. The van der Waals surface area contributed by atoms with Crippen LogP contribution in [-0.4, -0.2) is 50.0 Å². The van der Waals surface area contributed by atoms with Crippen molar-refractivity contribution in [3.05, 3.63) is 63.9 Å². The number of anilines is 1. The lowest BCUT2D eigenvalue weighted by atomic mass is 9.95. The largest absolute Gasteiger partial charge is 0.352 e. The molecule has 0 aromatic heterocycles. The molecule has 1 aliphatic carbocycles. The third-order valence-corrected chi connectivity index (χ3v) is 8.74. The third-order valence-electron chi connectivity index (χ3n) is 6.96. The Morgan fingerprint density at radius 2 is 1.74 bits per heavy atom. The predicted octanol–water partition coefficient (Wildman–Crippen LogP) is 5.94. The summed E-state index contributed by atoms with van der Waals surface area (Å²) in [5, 5.41) is 3.98. The smallest absolute Gasteiger partial charge is 0.243 e. The monoisotopic (exact) mass is 599 g/mol. The number of nitrogens with zero attached hydrogens (tertiary/aromatic N) is 2. The zero-order chi connectivity index (χ0) is 28.6. The SMILES string of the molecule is CC[C@@H](C(=O)NC1CCCCC1)N(Cc1ccc(Cl)cc1Cl)C(=O)CCCN(c1ccc(F)cc1)S(C)(=O)=O. The van der Waals surface area contributed by atoms with E-state index in [4.69, 9.17) is 23.2 Å². The van der Waals surface area contributed by atoms with Gasteiger partial charge in [0.15, 0.2) is 0 Å². The molecule has 2 amide bonds. The highest BCUT2D eigenvalue weighted by Gasteiger charge is 2.31. The Kier molecular flexibility index (Phi) is 11.4. The molecule has 1 fully saturated rings. The van der Waals surface area contributed by atoms with Crippen molar-refractivity contribution in [3.63, 3.8) is 0 Å². The van der Waals surface area contributed by atoms with E-state index in [2.05, 4.69) is 5.32 Å². The van der Waals surface area contributed by atoms with Gasteiger partial charge in [0.25, 0.3) is 0 Å². The summed E-state index contributed by atoms with van der Waals surface area (Å²) in [6, 6.07) is 9.53. The Balaban J connectivity index is 1.78. The first kappa shape index (κ1) is 31.2. The molecule has 0 aliphatic heterocycles. The van der Waals surface area contributed by atoms with Crippen molar-refractivity contribution in [2.45, 2.75) is 76.9 Å². The lowest BCUT2D eigenvalue weighted by molar-refractivity contribution is -0.141. The van der Waals surface area contributed by atoms with E-state index in [1.165, 1.54) is 29.2 Å². The van der Waals surface area contributed by atoms with Crippen molar-refractivity contribution >= 4 is 50.7 Å². The first-order valence-corrected chi connectivity index (χ1v) is 15.9. The molecule has 7 nitrogen and oxygen atoms in total. The van der Waals surface area contributed by atoms with Crippen LogP contribution in [0, 0.1) is 5.82 Å². The van der Waals surface area contributed by atoms with Crippen molar-refractivity contribution < 1.29 is 22.4 Å². The first-order chi connectivity index (χ1) is 18.5. The highest BCUT2D eigenvalue weighted by Crippen LogP contribution is 2.25. The number of nitrogens with one attached hydrogen (secondary N) is 1. The van der Waals surface area contributed by atoms with Gasteiger partial charge in [0.05, 0.1) is 11.9 Å². The molecule has 3 rings (SSSR count). The Morgan fingerprint density at radius 1 is 1.08 bits per heavy atom. The van der Waals surface area contributed by atoms with E-state index >= 15 is 0 Å². The molecular formula is C28H36Cl2FN3O4S. The minimum atomic E-state index is -3.67. The number of benzene rings is 2. The van der Waals surface area contributed by atoms with E-state index in [1.54, 1.807) is 18.2 Å². The maximum atomic E-state index is 13.6. The zero-order valence-corrected chi connectivity index (χ0v) is 24.7. The fourth-order valence-corrected chi connectivity index (χ4v) is 6.34. The lowest BCUT2D eigenvalue weighted by Crippen LogP contribution is -2.51. The van der Waals surface area contributed by atoms with E-state index < -0.39 is 21.9 Å². The highest BCUT2D eigenvalue weighted by molar-refractivity contribution is 7.92. The maximum absolute atomic E-state index is 13.6. The van der Waals surface area contributed by atoms with Crippen LogP contribution in [0.4, 0.5) is 10.1 Å². The van der Waals surface area contributed by atoms with Crippen LogP contribution in [0.15, 0.2) is 42.5 Å². The highest BCUT2D eigenvalue weighted by atomic mass is 35.5.